The van der Waals surface area contributed by atoms with E-state index in [-0.39, 0.29) is 6.23 Å². The SMILES string of the molecule is c1cc(C2(c3ccc4cn[nH]c4c3)COCCN2C2CNCCO2)on1. The first-order chi connectivity index (χ1) is 12.9. The Morgan fingerprint density at radius 1 is 1.23 bits per heavy atom. The van der Waals surface area contributed by atoms with Gasteiger partial charge in [0.05, 0.1) is 37.7 Å². The smallest absolute Gasteiger partial charge is 0.163 e. The summed E-state index contributed by atoms with van der Waals surface area (Å²) in [6, 6.07) is 8.20. The second-order valence-electron chi connectivity index (χ2n) is 6.68. The molecule has 8 nitrogen and oxygen atoms in total. The van der Waals surface area contributed by atoms with Crippen LogP contribution in [0.15, 0.2) is 41.2 Å². The molecule has 3 aromatic rings. The van der Waals surface area contributed by atoms with E-state index in [1.165, 1.54) is 0 Å². The van der Waals surface area contributed by atoms with Crippen LogP contribution in [0, 0.1) is 0 Å². The van der Waals surface area contributed by atoms with Gasteiger partial charge in [0.2, 0.25) is 0 Å². The Morgan fingerprint density at radius 3 is 3.08 bits per heavy atom. The molecule has 5 rings (SSSR count). The predicted octanol–water partition coefficient (Wildman–Crippen LogP) is 1.07. The minimum Gasteiger partial charge on any atom is -0.377 e. The average Bonchev–Trinajstić information content (AvgIpc) is 3.40. The van der Waals surface area contributed by atoms with Crippen molar-refractivity contribution in [3.05, 3.63) is 48.0 Å². The third-order valence-electron chi connectivity index (χ3n) is 5.30. The first-order valence-corrected chi connectivity index (χ1v) is 8.89. The number of morpholine rings is 2. The van der Waals surface area contributed by atoms with Crippen molar-refractivity contribution in [2.24, 2.45) is 0 Å². The van der Waals surface area contributed by atoms with Gasteiger partial charge in [0.15, 0.2) is 5.76 Å². The summed E-state index contributed by atoms with van der Waals surface area (Å²) in [5.41, 5.74) is 1.45. The predicted molar refractivity (Wildman–Crippen MR) is 93.5 cm³/mol. The number of rotatable bonds is 3. The summed E-state index contributed by atoms with van der Waals surface area (Å²) in [7, 11) is 0. The van der Waals surface area contributed by atoms with Gasteiger partial charge in [-0.15, -0.1) is 0 Å². The van der Waals surface area contributed by atoms with Gasteiger partial charge in [0, 0.05) is 31.1 Å². The van der Waals surface area contributed by atoms with E-state index < -0.39 is 5.54 Å². The minimum atomic E-state index is -0.599. The maximum absolute atomic E-state index is 6.09. The average molecular weight is 355 g/mol. The normalized spacial score (nSPS) is 27.8. The largest absolute Gasteiger partial charge is 0.377 e. The molecule has 8 heteroatoms. The lowest BCUT2D eigenvalue weighted by molar-refractivity contribution is -0.166. The van der Waals surface area contributed by atoms with Crippen LogP contribution in [-0.2, 0) is 15.0 Å². The van der Waals surface area contributed by atoms with E-state index >= 15 is 0 Å². The van der Waals surface area contributed by atoms with Crippen LogP contribution in [0.3, 0.4) is 0 Å². The van der Waals surface area contributed by atoms with E-state index in [1.54, 1.807) is 6.20 Å². The molecular formula is C18H21N5O3. The fraction of sp³-hybridized carbons (Fsp3) is 0.444. The highest BCUT2D eigenvalue weighted by atomic mass is 16.5. The van der Waals surface area contributed by atoms with Gasteiger partial charge in [-0.05, 0) is 11.6 Å². The molecule has 136 valence electrons. The Kier molecular flexibility index (Phi) is 3.97. The number of hydrogen-bond acceptors (Lipinski definition) is 7. The molecule has 2 fully saturated rings. The Bertz CT molecular complexity index is 874. The van der Waals surface area contributed by atoms with E-state index in [0.717, 1.165) is 41.9 Å². The molecule has 0 bridgehead atoms. The second kappa shape index (κ2) is 6.48. The molecule has 26 heavy (non-hydrogen) atoms. The lowest BCUT2D eigenvalue weighted by Crippen LogP contribution is -2.62. The summed E-state index contributed by atoms with van der Waals surface area (Å²) in [4.78, 5) is 2.33. The Morgan fingerprint density at radius 2 is 2.23 bits per heavy atom. The maximum Gasteiger partial charge on any atom is 0.163 e. The highest BCUT2D eigenvalue weighted by Crippen LogP contribution is 2.40. The number of benzene rings is 1. The third-order valence-corrected chi connectivity index (χ3v) is 5.30. The van der Waals surface area contributed by atoms with Crippen molar-refractivity contribution >= 4 is 10.9 Å². The minimum absolute atomic E-state index is 0.0600. The molecule has 1 aromatic carbocycles. The summed E-state index contributed by atoms with van der Waals surface area (Å²) in [6.45, 7) is 4.20. The van der Waals surface area contributed by atoms with E-state index in [0.29, 0.717) is 19.8 Å². The fourth-order valence-electron chi connectivity index (χ4n) is 4.03. The molecule has 2 atom stereocenters. The molecule has 0 spiro atoms. The van der Waals surface area contributed by atoms with Crippen molar-refractivity contribution < 1.29 is 14.0 Å². The molecule has 2 aromatic heterocycles. The van der Waals surface area contributed by atoms with Crippen LogP contribution < -0.4 is 5.32 Å². The topological polar surface area (TPSA) is 88.4 Å². The Labute approximate surface area is 150 Å². The monoisotopic (exact) mass is 355 g/mol. The number of fused-ring (bicyclic) bond motifs is 1. The summed E-state index contributed by atoms with van der Waals surface area (Å²) >= 11 is 0. The first kappa shape index (κ1) is 16.0. The van der Waals surface area contributed by atoms with E-state index in [4.69, 9.17) is 14.0 Å². The van der Waals surface area contributed by atoms with Crippen molar-refractivity contribution in [3.8, 4) is 0 Å². The Balaban J connectivity index is 1.67. The quantitative estimate of drug-likeness (QED) is 0.726. The summed E-state index contributed by atoms with van der Waals surface area (Å²) in [6.07, 6.45) is 3.44. The van der Waals surface area contributed by atoms with Gasteiger partial charge in [-0.2, -0.15) is 5.10 Å². The fourth-order valence-corrected chi connectivity index (χ4v) is 4.03. The van der Waals surface area contributed by atoms with Gasteiger partial charge >= 0.3 is 0 Å². The van der Waals surface area contributed by atoms with Crippen molar-refractivity contribution in [1.29, 1.82) is 0 Å². The number of nitrogens with zero attached hydrogens (tertiary/aromatic N) is 3. The van der Waals surface area contributed by atoms with Crippen LogP contribution in [0.2, 0.25) is 0 Å². The van der Waals surface area contributed by atoms with Crippen LogP contribution in [0.5, 0.6) is 0 Å². The number of aromatic amines is 1. The van der Waals surface area contributed by atoms with Gasteiger partial charge < -0.3 is 19.3 Å². The van der Waals surface area contributed by atoms with Crippen LogP contribution >= 0.6 is 0 Å². The maximum atomic E-state index is 6.09. The van der Waals surface area contributed by atoms with E-state index in [1.807, 2.05) is 12.3 Å². The van der Waals surface area contributed by atoms with E-state index in [9.17, 15) is 0 Å². The lowest BCUT2D eigenvalue weighted by Gasteiger charge is -2.49. The Hall–Kier alpha value is -2.26. The number of H-pyrrole nitrogens is 1. The molecule has 2 saturated heterocycles. The first-order valence-electron chi connectivity index (χ1n) is 8.89. The van der Waals surface area contributed by atoms with Gasteiger partial charge in [0.1, 0.15) is 11.8 Å². The van der Waals surface area contributed by atoms with Crippen LogP contribution in [0.25, 0.3) is 10.9 Å². The van der Waals surface area contributed by atoms with Gasteiger partial charge in [-0.1, -0.05) is 17.3 Å². The summed E-state index contributed by atoms with van der Waals surface area (Å²) in [5.74, 6) is 0.755. The van der Waals surface area contributed by atoms with Gasteiger partial charge in [-0.3, -0.25) is 10.00 Å². The zero-order valence-electron chi connectivity index (χ0n) is 14.4. The molecule has 2 N–H and O–H groups in total. The van der Waals surface area contributed by atoms with Gasteiger partial charge in [-0.25, -0.2) is 0 Å². The molecule has 0 amide bonds. The summed E-state index contributed by atoms with van der Waals surface area (Å²) < 4.78 is 17.7. The highest BCUT2D eigenvalue weighted by Gasteiger charge is 2.49. The zero-order valence-corrected chi connectivity index (χ0v) is 14.4. The molecule has 0 saturated carbocycles. The van der Waals surface area contributed by atoms with Crippen molar-refractivity contribution in [3.63, 3.8) is 0 Å². The molecule has 2 unspecified atom stereocenters. The molecular weight excluding hydrogens is 334 g/mol. The van der Waals surface area contributed by atoms with Crippen molar-refractivity contribution in [2.45, 2.75) is 11.8 Å². The van der Waals surface area contributed by atoms with Crippen molar-refractivity contribution in [2.75, 3.05) is 39.5 Å². The molecule has 0 aliphatic carbocycles. The lowest BCUT2D eigenvalue weighted by atomic mass is 9.84. The van der Waals surface area contributed by atoms with Crippen LogP contribution in [0.4, 0.5) is 0 Å². The third kappa shape index (κ3) is 2.45. The zero-order chi connectivity index (χ0) is 17.4. The number of hydrogen-bond donors (Lipinski definition) is 2. The van der Waals surface area contributed by atoms with Crippen molar-refractivity contribution in [1.82, 2.24) is 25.6 Å². The van der Waals surface area contributed by atoms with Gasteiger partial charge in [0.25, 0.3) is 0 Å². The number of aromatic nitrogens is 3. The molecule has 2 aliphatic heterocycles. The van der Waals surface area contributed by atoms with Crippen LogP contribution in [0.1, 0.15) is 11.3 Å². The van der Waals surface area contributed by atoms with E-state index in [2.05, 4.69) is 43.8 Å². The second-order valence-corrected chi connectivity index (χ2v) is 6.68. The summed E-state index contributed by atoms with van der Waals surface area (Å²) in [5, 5.41) is 15.7. The highest BCUT2D eigenvalue weighted by molar-refractivity contribution is 5.79. The molecule has 0 radical (unpaired) electrons. The number of ether oxygens (including phenoxy) is 2. The standard InChI is InChI=1S/C18H21N5O3/c1-2-14(9-15-13(1)10-20-22-15)18(16-3-4-21-26-16)12-24-8-6-23(18)17-11-19-5-7-25-17/h1-4,9-10,17,19H,5-8,11-12H2,(H,20,22). The molecule has 4 heterocycles. The molecule has 2 aliphatic rings. The number of nitrogens with one attached hydrogen (secondary N) is 2. The van der Waals surface area contributed by atoms with Crippen LogP contribution in [-0.4, -0.2) is 65.9 Å².